The van der Waals surface area contributed by atoms with Crippen LogP contribution in [0.4, 0.5) is 5.69 Å². The molecule has 1 fully saturated rings. The monoisotopic (exact) mass is 252 g/mol. The number of anilines is 1. The van der Waals surface area contributed by atoms with Gasteiger partial charge in [0, 0.05) is 0 Å². The maximum Gasteiger partial charge on any atom is 0.229 e. The van der Waals surface area contributed by atoms with Gasteiger partial charge in [-0.05, 0) is 25.0 Å². The van der Waals surface area contributed by atoms with Crippen LogP contribution in [0.1, 0.15) is 18.4 Å². The predicted molar refractivity (Wildman–Crippen MR) is 63.3 cm³/mol. The summed E-state index contributed by atoms with van der Waals surface area (Å²) < 4.78 is 30.3. The zero-order valence-corrected chi connectivity index (χ0v) is 10.1. The minimum absolute atomic E-state index is 0.101. The summed E-state index contributed by atoms with van der Waals surface area (Å²) in [5.41, 5.74) is 0.656. The number of nitrogens with zero attached hydrogens (tertiary/aromatic N) is 1. The van der Waals surface area contributed by atoms with Crippen molar-refractivity contribution in [1.82, 2.24) is 0 Å². The molecule has 1 N–H and O–H groups in total. The molecule has 1 aromatic rings. The van der Waals surface area contributed by atoms with E-state index in [1.807, 2.05) is 6.07 Å². The van der Waals surface area contributed by atoms with Gasteiger partial charge in [-0.1, -0.05) is 6.07 Å². The average molecular weight is 252 g/mol. The quantitative estimate of drug-likeness (QED) is 0.880. The van der Waals surface area contributed by atoms with E-state index in [4.69, 9.17) is 10.00 Å². The second-order valence-corrected chi connectivity index (χ2v) is 5.73. The van der Waals surface area contributed by atoms with Crippen molar-refractivity contribution < 1.29 is 13.2 Å². The van der Waals surface area contributed by atoms with E-state index in [-0.39, 0.29) is 6.10 Å². The van der Waals surface area contributed by atoms with E-state index >= 15 is 0 Å². The van der Waals surface area contributed by atoms with Crippen LogP contribution in [0.25, 0.3) is 0 Å². The molecule has 2 rings (SSSR count). The van der Waals surface area contributed by atoms with Crippen molar-refractivity contribution in [3.8, 4) is 11.8 Å². The van der Waals surface area contributed by atoms with Gasteiger partial charge in [-0.15, -0.1) is 0 Å². The number of rotatable bonds is 4. The molecule has 0 atom stereocenters. The van der Waals surface area contributed by atoms with Crippen molar-refractivity contribution in [2.24, 2.45) is 0 Å². The summed E-state index contributed by atoms with van der Waals surface area (Å²) in [7, 11) is -3.38. The first kappa shape index (κ1) is 11.7. The Bertz CT molecular complexity index is 571. The molecule has 0 spiro atoms. The molecule has 5 nitrogen and oxygen atoms in total. The molecule has 0 unspecified atom stereocenters. The SMILES string of the molecule is CS(=O)(=O)Nc1cccc(C#N)c1OC1CC1. The van der Waals surface area contributed by atoms with Crippen molar-refractivity contribution >= 4 is 15.7 Å². The molecule has 6 heteroatoms. The summed E-state index contributed by atoms with van der Waals surface area (Å²) in [5.74, 6) is 0.322. The van der Waals surface area contributed by atoms with E-state index in [0.29, 0.717) is 17.0 Å². The van der Waals surface area contributed by atoms with Crippen molar-refractivity contribution in [3.63, 3.8) is 0 Å². The molecule has 0 bridgehead atoms. The molecule has 0 aliphatic heterocycles. The topological polar surface area (TPSA) is 79.2 Å². The lowest BCUT2D eigenvalue weighted by Gasteiger charge is -2.12. The molecular formula is C11H12N2O3S. The first-order valence-electron chi connectivity index (χ1n) is 5.17. The fourth-order valence-electron chi connectivity index (χ4n) is 1.38. The van der Waals surface area contributed by atoms with Crippen LogP contribution in [-0.2, 0) is 10.0 Å². The highest BCUT2D eigenvalue weighted by atomic mass is 32.2. The molecule has 0 heterocycles. The normalized spacial score (nSPS) is 15.1. The highest BCUT2D eigenvalue weighted by molar-refractivity contribution is 7.92. The lowest BCUT2D eigenvalue weighted by atomic mass is 10.2. The van der Waals surface area contributed by atoms with Gasteiger partial charge < -0.3 is 4.74 Å². The summed E-state index contributed by atoms with van der Waals surface area (Å²) in [6.45, 7) is 0. The van der Waals surface area contributed by atoms with Crippen LogP contribution in [0.5, 0.6) is 5.75 Å². The standard InChI is InChI=1S/C11H12N2O3S/c1-17(14,15)13-10-4-2-3-8(7-12)11(10)16-9-5-6-9/h2-4,9,13H,5-6H2,1H3. The Kier molecular flexibility index (Phi) is 2.94. The molecule has 1 saturated carbocycles. The summed E-state index contributed by atoms with van der Waals surface area (Å²) in [5, 5.41) is 8.97. The molecular weight excluding hydrogens is 240 g/mol. The van der Waals surface area contributed by atoms with Gasteiger partial charge in [-0.3, -0.25) is 4.72 Å². The number of benzene rings is 1. The van der Waals surface area contributed by atoms with Crippen LogP contribution in [0.2, 0.25) is 0 Å². The molecule has 17 heavy (non-hydrogen) atoms. The van der Waals surface area contributed by atoms with Crippen LogP contribution in [0.3, 0.4) is 0 Å². The lowest BCUT2D eigenvalue weighted by molar-refractivity contribution is 0.304. The van der Waals surface area contributed by atoms with Crippen molar-refractivity contribution in [2.45, 2.75) is 18.9 Å². The Hall–Kier alpha value is -1.74. The number of nitrogens with one attached hydrogen (secondary N) is 1. The van der Waals surface area contributed by atoms with Crippen LogP contribution >= 0.6 is 0 Å². The predicted octanol–water partition coefficient (Wildman–Crippen LogP) is 1.47. The third-order valence-electron chi connectivity index (χ3n) is 2.24. The summed E-state index contributed by atoms with van der Waals surface area (Å²) in [6, 6.07) is 6.80. The summed E-state index contributed by atoms with van der Waals surface area (Å²) in [6.07, 6.45) is 3.05. The maximum atomic E-state index is 11.2. The summed E-state index contributed by atoms with van der Waals surface area (Å²) in [4.78, 5) is 0. The number of hydrogen-bond donors (Lipinski definition) is 1. The molecule has 0 radical (unpaired) electrons. The molecule has 90 valence electrons. The minimum atomic E-state index is -3.38. The van der Waals surface area contributed by atoms with Crippen LogP contribution < -0.4 is 9.46 Å². The molecule has 1 aromatic carbocycles. The molecule has 0 saturated heterocycles. The van der Waals surface area contributed by atoms with E-state index in [2.05, 4.69) is 4.72 Å². The van der Waals surface area contributed by atoms with Gasteiger partial charge in [0.05, 0.1) is 23.6 Å². The van der Waals surface area contributed by atoms with Crippen LogP contribution in [0, 0.1) is 11.3 Å². The Morgan fingerprint density at radius 2 is 2.18 bits per heavy atom. The van der Waals surface area contributed by atoms with Crippen molar-refractivity contribution in [3.05, 3.63) is 23.8 Å². The first-order valence-corrected chi connectivity index (χ1v) is 7.06. The minimum Gasteiger partial charge on any atom is -0.487 e. The smallest absolute Gasteiger partial charge is 0.229 e. The largest absolute Gasteiger partial charge is 0.487 e. The van der Waals surface area contributed by atoms with Gasteiger partial charge in [0.15, 0.2) is 5.75 Å². The zero-order valence-electron chi connectivity index (χ0n) is 9.30. The van der Waals surface area contributed by atoms with Gasteiger partial charge in [-0.25, -0.2) is 8.42 Å². The Labute approximate surface area is 100 Å². The Morgan fingerprint density at radius 3 is 2.71 bits per heavy atom. The maximum absolute atomic E-state index is 11.2. The fraction of sp³-hybridized carbons (Fsp3) is 0.364. The molecule has 0 amide bonds. The Balaban J connectivity index is 2.38. The van der Waals surface area contributed by atoms with E-state index in [1.165, 1.54) is 0 Å². The van der Waals surface area contributed by atoms with Crippen LogP contribution in [0.15, 0.2) is 18.2 Å². The summed E-state index contributed by atoms with van der Waals surface area (Å²) >= 11 is 0. The third kappa shape index (κ3) is 3.11. The second-order valence-electron chi connectivity index (χ2n) is 3.99. The molecule has 1 aliphatic rings. The fourth-order valence-corrected chi connectivity index (χ4v) is 1.94. The van der Waals surface area contributed by atoms with Crippen molar-refractivity contribution in [1.29, 1.82) is 5.26 Å². The Morgan fingerprint density at radius 1 is 1.47 bits per heavy atom. The number of para-hydroxylation sites is 1. The highest BCUT2D eigenvalue weighted by Gasteiger charge is 2.26. The van der Waals surface area contributed by atoms with Crippen LogP contribution in [-0.4, -0.2) is 20.8 Å². The van der Waals surface area contributed by atoms with E-state index in [9.17, 15) is 8.42 Å². The van der Waals surface area contributed by atoms with Gasteiger partial charge in [-0.2, -0.15) is 5.26 Å². The number of sulfonamides is 1. The van der Waals surface area contributed by atoms with Gasteiger partial charge in [0.1, 0.15) is 6.07 Å². The molecule has 1 aliphatic carbocycles. The van der Waals surface area contributed by atoms with Crippen molar-refractivity contribution in [2.75, 3.05) is 11.0 Å². The zero-order chi connectivity index (χ0) is 12.5. The van der Waals surface area contributed by atoms with Gasteiger partial charge >= 0.3 is 0 Å². The average Bonchev–Trinajstić information content (AvgIpc) is 3.02. The van der Waals surface area contributed by atoms with E-state index in [1.54, 1.807) is 18.2 Å². The van der Waals surface area contributed by atoms with Gasteiger partial charge in [0.2, 0.25) is 10.0 Å². The molecule has 0 aromatic heterocycles. The first-order chi connectivity index (χ1) is 7.99. The lowest BCUT2D eigenvalue weighted by Crippen LogP contribution is -2.12. The highest BCUT2D eigenvalue weighted by Crippen LogP contribution is 2.35. The number of ether oxygens (including phenoxy) is 1. The second kappa shape index (κ2) is 4.26. The number of hydrogen-bond acceptors (Lipinski definition) is 4. The third-order valence-corrected chi connectivity index (χ3v) is 2.83. The van der Waals surface area contributed by atoms with E-state index in [0.717, 1.165) is 19.1 Å². The number of nitriles is 1. The van der Waals surface area contributed by atoms with Gasteiger partial charge in [0.25, 0.3) is 0 Å². The van der Waals surface area contributed by atoms with E-state index < -0.39 is 10.0 Å².